The zero-order valence-corrected chi connectivity index (χ0v) is 8.70. The lowest BCUT2D eigenvalue weighted by molar-refractivity contribution is 0.446. The maximum atomic E-state index is 5.64. The van der Waals surface area contributed by atoms with Gasteiger partial charge in [0.15, 0.2) is 0 Å². The molecule has 76 valence electrons. The summed E-state index contributed by atoms with van der Waals surface area (Å²) in [4.78, 5) is 11.0. The Morgan fingerprint density at radius 1 is 1.43 bits per heavy atom. The predicted octanol–water partition coefficient (Wildman–Crippen LogP) is 0.631. The summed E-state index contributed by atoms with van der Waals surface area (Å²) < 4.78 is 0. The van der Waals surface area contributed by atoms with Crippen molar-refractivity contribution < 1.29 is 0 Å². The van der Waals surface area contributed by atoms with Crippen LogP contribution in [0.15, 0.2) is 6.07 Å². The molecule has 2 N–H and O–H groups in total. The van der Waals surface area contributed by atoms with Crippen LogP contribution in [0.3, 0.4) is 0 Å². The van der Waals surface area contributed by atoms with Crippen LogP contribution >= 0.6 is 0 Å². The molecule has 0 spiro atoms. The highest BCUT2D eigenvalue weighted by Crippen LogP contribution is 2.22. The average Bonchev–Trinajstić information content (AvgIpc) is 2.00. The van der Waals surface area contributed by atoms with E-state index in [0.717, 1.165) is 30.3 Å². The molecule has 1 aromatic heterocycles. The first-order valence-corrected chi connectivity index (χ1v) is 4.99. The van der Waals surface area contributed by atoms with Crippen LogP contribution in [0, 0.1) is 13.8 Å². The molecule has 1 unspecified atom stereocenters. The number of hydrogen-bond donors (Lipinski definition) is 1. The van der Waals surface area contributed by atoms with Crippen LogP contribution < -0.4 is 10.6 Å². The average molecular weight is 192 g/mol. The Morgan fingerprint density at radius 2 is 2.07 bits per heavy atom. The van der Waals surface area contributed by atoms with Crippen molar-refractivity contribution in [3.05, 3.63) is 17.5 Å². The van der Waals surface area contributed by atoms with Gasteiger partial charge in [0, 0.05) is 30.5 Å². The Hall–Kier alpha value is -1.16. The molecular weight excluding hydrogens is 176 g/mol. The third kappa shape index (κ3) is 1.57. The van der Waals surface area contributed by atoms with Crippen LogP contribution in [0.4, 0.5) is 5.95 Å². The van der Waals surface area contributed by atoms with Crippen LogP contribution in [0.2, 0.25) is 0 Å². The lowest BCUT2D eigenvalue weighted by Gasteiger charge is -2.40. The molecular formula is C10H16N4. The van der Waals surface area contributed by atoms with E-state index in [4.69, 9.17) is 5.73 Å². The van der Waals surface area contributed by atoms with Gasteiger partial charge in [0.1, 0.15) is 0 Å². The van der Waals surface area contributed by atoms with E-state index in [1.54, 1.807) is 0 Å². The van der Waals surface area contributed by atoms with Gasteiger partial charge in [0.25, 0.3) is 0 Å². The smallest absolute Gasteiger partial charge is 0.226 e. The van der Waals surface area contributed by atoms with Gasteiger partial charge >= 0.3 is 0 Å². The molecule has 0 aliphatic carbocycles. The van der Waals surface area contributed by atoms with Crippen molar-refractivity contribution >= 4 is 5.95 Å². The zero-order chi connectivity index (χ0) is 10.1. The quantitative estimate of drug-likeness (QED) is 0.746. The molecule has 0 bridgehead atoms. The number of nitrogens with zero attached hydrogens (tertiary/aromatic N) is 3. The fraction of sp³-hybridized carbons (Fsp3) is 0.600. The number of rotatable bonds is 2. The molecule has 0 aromatic carbocycles. The summed E-state index contributed by atoms with van der Waals surface area (Å²) in [5.74, 6) is 0.837. The van der Waals surface area contributed by atoms with E-state index in [9.17, 15) is 0 Å². The fourth-order valence-electron chi connectivity index (χ4n) is 1.78. The van der Waals surface area contributed by atoms with Gasteiger partial charge in [-0.25, -0.2) is 9.97 Å². The number of nitrogens with two attached hydrogens (primary N) is 1. The molecule has 1 atom stereocenters. The number of anilines is 1. The van der Waals surface area contributed by atoms with E-state index < -0.39 is 0 Å². The maximum Gasteiger partial charge on any atom is 0.226 e. The minimum atomic E-state index is 0.441. The molecule has 0 saturated carbocycles. The first-order chi connectivity index (χ1) is 6.70. The molecule has 0 radical (unpaired) electrons. The molecule has 2 rings (SSSR count). The third-order valence-corrected chi connectivity index (χ3v) is 2.64. The van der Waals surface area contributed by atoms with Gasteiger partial charge in [-0.05, 0) is 26.3 Å². The normalized spacial score (nSPS) is 20.8. The van der Waals surface area contributed by atoms with Crippen LogP contribution in [0.1, 0.15) is 17.8 Å². The molecule has 14 heavy (non-hydrogen) atoms. The van der Waals surface area contributed by atoms with Crippen molar-refractivity contribution in [2.75, 3.05) is 18.0 Å². The SMILES string of the molecule is Cc1cc(C)nc(N2CCC2CN)n1. The number of hydrogen-bond acceptors (Lipinski definition) is 4. The Balaban J connectivity index is 2.23. The maximum absolute atomic E-state index is 5.64. The predicted molar refractivity (Wildman–Crippen MR) is 56.3 cm³/mol. The van der Waals surface area contributed by atoms with E-state index >= 15 is 0 Å². The van der Waals surface area contributed by atoms with Gasteiger partial charge in [-0.1, -0.05) is 0 Å². The fourth-order valence-corrected chi connectivity index (χ4v) is 1.78. The minimum Gasteiger partial charge on any atom is -0.336 e. The Kier molecular flexibility index (Phi) is 2.37. The Morgan fingerprint density at radius 3 is 2.50 bits per heavy atom. The molecule has 1 aliphatic heterocycles. The highest BCUT2D eigenvalue weighted by atomic mass is 15.3. The summed E-state index contributed by atoms with van der Waals surface area (Å²) in [5.41, 5.74) is 7.69. The van der Waals surface area contributed by atoms with Crippen LogP contribution in [0.25, 0.3) is 0 Å². The highest BCUT2D eigenvalue weighted by Gasteiger charge is 2.28. The first-order valence-electron chi connectivity index (χ1n) is 4.99. The van der Waals surface area contributed by atoms with Crippen molar-refractivity contribution in [2.45, 2.75) is 26.3 Å². The van der Waals surface area contributed by atoms with E-state index in [0.29, 0.717) is 12.6 Å². The second-order valence-corrected chi connectivity index (χ2v) is 3.82. The highest BCUT2D eigenvalue weighted by molar-refractivity contribution is 5.37. The lowest BCUT2D eigenvalue weighted by Crippen LogP contribution is -2.52. The third-order valence-electron chi connectivity index (χ3n) is 2.64. The van der Waals surface area contributed by atoms with Gasteiger partial charge in [0.2, 0.25) is 5.95 Å². The van der Waals surface area contributed by atoms with Gasteiger partial charge in [-0.2, -0.15) is 0 Å². The zero-order valence-electron chi connectivity index (χ0n) is 8.70. The van der Waals surface area contributed by atoms with E-state index in [1.807, 2.05) is 19.9 Å². The van der Waals surface area contributed by atoms with Crippen molar-refractivity contribution in [3.8, 4) is 0 Å². The van der Waals surface area contributed by atoms with Gasteiger partial charge in [-0.15, -0.1) is 0 Å². The molecule has 1 saturated heterocycles. The molecule has 0 amide bonds. The minimum absolute atomic E-state index is 0.441. The van der Waals surface area contributed by atoms with Gasteiger partial charge in [-0.3, -0.25) is 0 Å². The standard InChI is InChI=1S/C10H16N4/c1-7-5-8(2)13-10(12-7)14-4-3-9(14)6-11/h5,9H,3-4,6,11H2,1-2H3. The molecule has 1 aromatic rings. The number of aromatic nitrogens is 2. The lowest BCUT2D eigenvalue weighted by atomic mass is 10.0. The second kappa shape index (κ2) is 3.53. The molecule has 2 heterocycles. The van der Waals surface area contributed by atoms with E-state index in [-0.39, 0.29) is 0 Å². The Labute approximate surface area is 84.2 Å². The summed E-state index contributed by atoms with van der Waals surface area (Å²) in [6.45, 7) is 5.71. The molecule has 4 nitrogen and oxygen atoms in total. The summed E-state index contributed by atoms with van der Waals surface area (Å²) >= 11 is 0. The first kappa shape index (κ1) is 9.40. The van der Waals surface area contributed by atoms with Gasteiger partial charge in [0.05, 0.1) is 0 Å². The van der Waals surface area contributed by atoms with Crippen molar-refractivity contribution in [1.82, 2.24) is 9.97 Å². The Bertz CT molecular complexity index is 315. The van der Waals surface area contributed by atoms with Gasteiger partial charge < -0.3 is 10.6 Å². The van der Waals surface area contributed by atoms with Crippen LogP contribution in [-0.2, 0) is 0 Å². The van der Waals surface area contributed by atoms with E-state index in [2.05, 4.69) is 14.9 Å². The monoisotopic (exact) mass is 192 g/mol. The number of aryl methyl sites for hydroxylation is 2. The van der Waals surface area contributed by atoms with Crippen molar-refractivity contribution in [1.29, 1.82) is 0 Å². The van der Waals surface area contributed by atoms with E-state index in [1.165, 1.54) is 0 Å². The van der Waals surface area contributed by atoms with Crippen molar-refractivity contribution in [2.24, 2.45) is 5.73 Å². The van der Waals surface area contributed by atoms with Crippen LogP contribution in [-0.4, -0.2) is 29.1 Å². The molecule has 4 heteroatoms. The van der Waals surface area contributed by atoms with Crippen LogP contribution in [0.5, 0.6) is 0 Å². The summed E-state index contributed by atoms with van der Waals surface area (Å²) in [6.07, 6.45) is 1.16. The topological polar surface area (TPSA) is 55.0 Å². The summed E-state index contributed by atoms with van der Waals surface area (Å²) in [7, 11) is 0. The summed E-state index contributed by atoms with van der Waals surface area (Å²) in [6, 6.07) is 2.43. The molecule has 1 fully saturated rings. The largest absolute Gasteiger partial charge is 0.336 e. The summed E-state index contributed by atoms with van der Waals surface area (Å²) in [5, 5.41) is 0. The second-order valence-electron chi connectivity index (χ2n) is 3.82. The molecule has 1 aliphatic rings. The van der Waals surface area contributed by atoms with Crippen molar-refractivity contribution in [3.63, 3.8) is 0 Å².